The van der Waals surface area contributed by atoms with E-state index in [2.05, 4.69) is 11.1 Å². The summed E-state index contributed by atoms with van der Waals surface area (Å²) in [5, 5.41) is 5.33. The van der Waals surface area contributed by atoms with Gasteiger partial charge in [-0.15, -0.1) is 11.3 Å². The van der Waals surface area contributed by atoms with Crippen LogP contribution in [0.25, 0.3) is 10.2 Å². The summed E-state index contributed by atoms with van der Waals surface area (Å²) in [5.41, 5.74) is 1.05. The average molecular weight is 214 g/mol. The van der Waals surface area contributed by atoms with E-state index in [9.17, 15) is 0 Å². The van der Waals surface area contributed by atoms with Crippen LogP contribution in [0.4, 0.5) is 0 Å². The Balaban J connectivity index is 2.47. The van der Waals surface area contributed by atoms with Crippen LogP contribution in [-0.2, 0) is 0 Å². The zero-order chi connectivity index (χ0) is 8.39. The minimum absolute atomic E-state index is 1.02. The molecule has 0 saturated carbocycles. The van der Waals surface area contributed by atoms with Gasteiger partial charge in [-0.25, -0.2) is 4.98 Å². The van der Waals surface area contributed by atoms with Gasteiger partial charge in [0.1, 0.15) is 0 Å². The largest absolute Gasteiger partial charge is 0.268 e. The number of rotatable bonds is 2. The molecule has 2 rings (SSSR count). The highest BCUT2D eigenvalue weighted by Gasteiger charge is 2.01. The standard InChI is InChI=1S/C7H6N2S3/c8-12-11-7-9-5-3-1-2-4-6(5)10-7/h1-4H,8H2. The van der Waals surface area contributed by atoms with E-state index in [0.717, 1.165) is 9.86 Å². The molecule has 0 atom stereocenters. The van der Waals surface area contributed by atoms with Gasteiger partial charge in [0.25, 0.3) is 0 Å². The molecule has 2 nitrogen and oxygen atoms in total. The number of hydrogen-bond acceptors (Lipinski definition) is 5. The first-order chi connectivity index (χ1) is 5.90. The summed E-state index contributed by atoms with van der Waals surface area (Å²) >= 11 is 1.67. The predicted octanol–water partition coefficient (Wildman–Crippen LogP) is 2.91. The molecular weight excluding hydrogens is 208 g/mol. The van der Waals surface area contributed by atoms with Crippen LogP contribution < -0.4 is 5.14 Å². The fraction of sp³-hybridized carbons (Fsp3) is 0. The molecule has 0 bridgehead atoms. The first-order valence-electron chi connectivity index (χ1n) is 3.29. The van der Waals surface area contributed by atoms with Crippen molar-refractivity contribution < 1.29 is 0 Å². The normalized spacial score (nSPS) is 10.8. The average Bonchev–Trinajstić information content (AvgIpc) is 2.47. The van der Waals surface area contributed by atoms with Crippen molar-refractivity contribution in [1.29, 1.82) is 0 Å². The quantitative estimate of drug-likeness (QED) is 0.616. The summed E-state index contributed by atoms with van der Waals surface area (Å²) in [7, 11) is 2.74. The van der Waals surface area contributed by atoms with E-state index >= 15 is 0 Å². The highest BCUT2D eigenvalue weighted by molar-refractivity contribution is 8.76. The Morgan fingerprint density at radius 2 is 2.17 bits per heavy atom. The number of thiazole rings is 1. The molecule has 12 heavy (non-hydrogen) atoms. The van der Waals surface area contributed by atoms with Gasteiger partial charge in [0.2, 0.25) is 0 Å². The van der Waals surface area contributed by atoms with E-state index in [4.69, 9.17) is 5.14 Å². The van der Waals surface area contributed by atoms with E-state index in [1.54, 1.807) is 11.3 Å². The lowest BCUT2D eigenvalue weighted by molar-refractivity contribution is 1.31. The van der Waals surface area contributed by atoms with E-state index in [0.29, 0.717) is 0 Å². The maximum Gasteiger partial charge on any atom is 0.162 e. The first kappa shape index (κ1) is 8.37. The number of benzene rings is 1. The van der Waals surface area contributed by atoms with Crippen molar-refractivity contribution in [1.82, 2.24) is 4.98 Å². The minimum atomic E-state index is 1.02. The fourth-order valence-corrected chi connectivity index (χ4v) is 3.27. The molecule has 5 heteroatoms. The summed E-state index contributed by atoms with van der Waals surface area (Å²) in [6, 6.07) is 8.09. The first-order valence-corrected chi connectivity index (χ1v) is 6.32. The van der Waals surface area contributed by atoms with Crippen LogP contribution >= 0.6 is 33.1 Å². The molecule has 0 spiro atoms. The molecule has 1 aromatic carbocycles. The molecule has 0 amide bonds. The Kier molecular flexibility index (Phi) is 2.55. The summed E-state index contributed by atoms with van der Waals surface area (Å²) in [6.07, 6.45) is 0. The van der Waals surface area contributed by atoms with Gasteiger partial charge in [0.15, 0.2) is 4.34 Å². The van der Waals surface area contributed by atoms with Crippen LogP contribution in [0.5, 0.6) is 0 Å². The minimum Gasteiger partial charge on any atom is -0.268 e. The van der Waals surface area contributed by atoms with Crippen molar-refractivity contribution in [2.75, 3.05) is 0 Å². The molecule has 0 unspecified atom stereocenters. The summed E-state index contributed by atoms with van der Waals surface area (Å²) < 4.78 is 2.23. The molecule has 0 aliphatic heterocycles. The third-order valence-corrected chi connectivity index (χ3v) is 4.13. The molecular formula is C7H6N2S3. The van der Waals surface area contributed by atoms with E-state index in [1.165, 1.54) is 26.5 Å². The maximum absolute atomic E-state index is 5.33. The van der Waals surface area contributed by atoms with E-state index in [1.807, 2.05) is 18.2 Å². The van der Waals surface area contributed by atoms with E-state index < -0.39 is 0 Å². The summed E-state index contributed by atoms with van der Waals surface area (Å²) in [6.45, 7) is 0. The Labute approximate surface area is 82.1 Å². The number of aromatic nitrogens is 1. The van der Waals surface area contributed by atoms with Gasteiger partial charge in [0, 0.05) is 0 Å². The SMILES string of the molecule is NSSc1nc2ccccc2s1. The van der Waals surface area contributed by atoms with Crippen LogP contribution in [0.15, 0.2) is 28.6 Å². The molecule has 1 aromatic heterocycles. The van der Waals surface area contributed by atoms with Crippen molar-refractivity contribution in [2.24, 2.45) is 5.14 Å². The Morgan fingerprint density at radius 3 is 2.92 bits per heavy atom. The van der Waals surface area contributed by atoms with Crippen molar-refractivity contribution in [3.8, 4) is 0 Å². The monoisotopic (exact) mass is 214 g/mol. The number of fused-ring (bicyclic) bond motifs is 1. The van der Waals surface area contributed by atoms with Gasteiger partial charge < -0.3 is 0 Å². The Morgan fingerprint density at radius 1 is 1.33 bits per heavy atom. The molecule has 0 radical (unpaired) electrons. The van der Waals surface area contributed by atoms with Crippen LogP contribution in [0.3, 0.4) is 0 Å². The predicted molar refractivity (Wildman–Crippen MR) is 57.3 cm³/mol. The molecule has 0 saturated heterocycles. The zero-order valence-electron chi connectivity index (χ0n) is 6.06. The lowest BCUT2D eigenvalue weighted by Crippen LogP contribution is -1.69. The number of para-hydroxylation sites is 1. The molecule has 2 aromatic rings. The summed E-state index contributed by atoms with van der Waals surface area (Å²) in [4.78, 5) is 4.38. The smallest absolute Gasteiger partial charge is 0.162 e. The van der Waals surface area contributed by atoms with Crippen LogP contribution in [0.2, 0.25) is 0 Å². The number of nitrogens with two attached hydrogens (primary N) is 1. The van der Waals surface area contributed by atoms with Gasteiger partial charge in [-0.1, -0.05) is 12.1 Å². The van der Waals surface area contributed by atoms with Gasteiger partial charge in [-0.2, -0.15) is 0 Å². The second kappa shape index (κ2) is 3.66. The Hall–Kier alpha value is -0.230. The van der Waals surface area contributed by atoms with Gasteiger partial charge in [-0.05, 0) is 33.9 Å². The molecule has 62 valence electrons. The third kappa shape index (κ3) is 1.59. The third-order valence-electron chi connectivity index (χ3n) is 1.39. The molecule has 1 heterocycles. The van der Waals surface area contributed by atoms with Crippen LogP contribution in [0, 0.1) is 0 Å². The zero-order valence-corrected chi connectivity index (χ0v) is 8.51. The highest BCUT2D eigenvalue weighted by atomic mass is 33.1. The van der Waals surface area contributed by atoms with Gasteiger partial charge in [0.05, 0.1) is 10.2 Å². The Bertz CT molecular complexity index is 352. The second-order valence-corrected chi connectivity index (χ2v) is 5.24. The van der Waals surface area contributed by atoms with Gasteiger partial charge in [-0.3, -0.25) is 5.14 Å². The lowest BCUT2D eigenvalue weighted by atomic mass is 10.3. The van der Waals surface area contributed by atoms with Crippen molar-refractivity contribution in [3.05, 3.63) is 24.3 Å². The molecule has 0 fully saturated rings. The molecule has 0 aliphatic rings. The topological polar surface area (TPSA) is 38.9 Å². The molecule has 0 aliphatic carbocycles. The molecule has 2 N–H and O–H groups in total. The van der Waals surface area contributed by atoms with E-state index in [-0.39, 0.29) is 0 Å². The van der Waals surface area contributed by atoms with Crippen molar-refractivity contribution in [3.63, 3.8) is 0 Å². The van der Waals surface area contributed by atoms with Gasteiger partial charge >= 0.3 is 0 Å². The summed E-state index contributed by atoms with van der Waals surface area (Å²) in [5.74, 6) is 0. The highest BCUT2D eigenvalue weighted by Crippen LogP contribution is 2.33. The van der Waals surface area contributed by atoms with Crippen molar-refractivity contribution >= 4 is 43.3 Å². The lowest BCUT2D eigenvalue weighted by Gasteiger charge is -1.83. The van der Waals surface area contributed by atoms with Crippen LogP contribution in [0.1, 0.15) is 0 Å². The number of nitrogens with zero attached hydrogens (tertiary/aromatic N) is 1. The van der Waals surface area contributed by atoms with Crippen molar-refractivity contribution in [2.45, 2.75) is 4.34 Å². The second-order valence-electron chi connectivity index (χ2n) is 2.13. The number of hydrogen-bond donors (Lipinski definition) is 1. The fourth-order valence-electron chi connectivity index (χ4n) is 0.928. The maximum atomic E-state index is 5.33. The van der Waals surface area contributed by atoms with Crippen LogP contribution in [-0.4, -0.2) is 4.98 Å².